The molecular weight excluding hydrogens is 240 g/mol. The zero-order chi connectivity index (χ0) is 13.0. The Morgan fingerprint density at radius 1 is 1.42 bits per heavy atom. The van der Waals surface area contributed by atoms with Crippen LogP contribution in [0.4, 0.5) is 5.82 Å². The van der Waals surface area contributed by atoms with Gasteiger partial charge in [-0.3, -0.25) is 0 Å². The monoisotopic (exact) mass is 258 g/mol. The molecule has 0 saturated carbocycles. The molecule has 19 heavy (non-hydrogen) atoms. The summed E-state index contributed by atoms with van der Waals surface area (Å²) in [6.45, 7) is 6.17. The van der Waals surface area contributed by atoms with Gasteiger partial charge in [0.15, 0.2) is 5.65 Å². The van der Waals surface area contributed by atoms with E-state index in [-0.39, 0.29) is 0 Å². The summed E-state index contributed by atoms with van der Waals surface area (Å²) in [7, 11) is 0. The number of hydrogen-bond donors (Lipinski definition) is 0. The van der Waals surface area contributed by atoms with E-state index in [0.717, 1.165) is 31.0 Å². The summed E-state index contributed by atoms with van der Waals surface area (Å²) in [6.07, 6.45) is 5.48. The van der Waals surface area contributed by atoms with E-state index in [1.165, 1.54) is 5.56 Å². The number of morpholine rings is 1. The molecule has 0 amide bonds. The Hall–Kier alpha value is -1.62. The van der Waals surface area contributed by atoms with Crippen molar-refractivity contribution in [2.24, 2.45) is 0 Å². The summed E-state index contributed by atoms with van der Waals surface area (Å²) in [5, 5.41) is 4.37. The van der Waals surface area contributed by atoms with E-state index >= 15 is 0 Å². The number of nitrogens with zero attached hydrogens (tertiary/aromatic N) is 4. The van der Waals surface area contributed by atoms with E-state index in [1.807, 2.05) is 16.9 Å². The van der Waals surface area contributed by atoms with Crippen LogP contribution >= 0.6 is 0 Å². The van der Waals surface area contributed by atoms with Crippen molar-refractivity contribution < 1.29 is 4.74 Å². The van der Waals surface area contributed by atoms with Crippen molar-refractivity contribution in [3.05, 3.63) is 24.0 Å². The Labute approximate surface area is 112 Å². The molecule has 2 saturated heterocycles. The van der Waals surface area contributed by atoms with Gasteiger partial charge in [0.1, 0.15) is 5.82 Å². The molecule has 5 nitrogen and oxygen atoms in total. The quantitative estimate of drug-likeness (QED) is 0.824. The van der Waals surface area contributed by atoms with Gasteiger partial charge in [-0.25, -0.2) is 9.50 Å². The first-order valence-corrected chi connectivity index (χ1v) is 6.95. The lowest BCUT2D eigenvalue weighted by Gasteiger charge is -2.27. The van der Waals surface area contributed by atoms with Gasteiger partial charge in [0.05, 0.1) is 24.9 Å². The topological polar surface area (TPSA) is 42.7 Å². The molecule has 0 N–H and O–H groups in total. The lowest BCUT2D eigenvalue weighted by Crippen LogP contribution is -2.37. The summed E-state index contributed by atoms with van der Waals surface area (Å²) in [4.78, 5) is 7.21. The van der Waals surface area contributed by atoms with Gasteiger partial charge in [0.25, 0.3) is 0 Å². The van der Waals surface area contributed by atoms with Gasteiger partial charge in [-0.15, -0.1) is 0 Å². The molecular formula is C14H18N4O. The first kappa shape index (κ1) is 11.2. The van der Waals surface area contributed by atoms with Gasteiger partial charge in [-0.2, -0.15) is 5.10 Å². The van der Waals surface area contributed by atoms with Crippen LogP contribution in [0.3, 0.4) is 0 Å². The summed E-state index contributed by atoms with van der Waals surface area (Å²) < 4.78 is 7.52. The van der Waals surface area contributed by atoms with E-state index in [2.05, 4.69) is 29.9 Å². The summed E-state index contributed by atoms with van der Waals surface area (Å²) >= 11 is 0. The molecule has 0 aliphatic carbocycles. The van der Waals surface area contributed by atoms with Gasteiger partial charge in [-0.05, 0) is 18.4 Å². The summed E-state index contributed by atoms with van der Waals surface area (Å²) in [6, 6.07) is 2.57. The highest BCUT2D eigenvalue weighted by atomic mass is 16.5. The standard InChI is InChI=1S/C14H18N4O/c1-9(2)12-6-15-18-4-3-13(16-14(12)18)17-7-11-5-10(17)8-19-11/h3-4,6,9-11H,5,7-8H2,1-2H3/t10-,11-/m1/s1. The smallest absolute Gasteiger partial charge is 0.160 e. The van der Waals surface area contributed by atoms with Crippen molar-refractivity contribution in [1.82, 2.24) is 14.6 Å². The van der Waals surface area contributed by atoms with E-state index in [9.17, 15) is 0 Å². The lowest BCUT2D eigenvalue weighted by atomic mass is 10.1. The zero-order valence-corrected chi connectivity index (χ0v) is 11.3. The van der Waals surface area contributed by atoms with Gasteiger partial charge in [0.2, 0.25) is 0 Å². The predicted molar refractivity (Wildman–Crippen MR) is 72.6 cm³/mol. The average Bonchev–Trinajstić information content (AvgIpc) is 3.12. The zero-order valence-electron chi connectivity index (χ0n) is 11.3. The van der Waals surface area contributed by atoms with Crippen molar-refractivity contribution in [2.75, 3.05) is 18.1 Å². The predicted octanol–water partition coefficient (Wildman–Crippen LogP) is 1.83. The normalized spacial score (nSPS) is 25.9. The Morgan fingerprint density at radius 3 is 3.00 bits per heavy atom. The van der Waals surface area contributed by atoms with Crippen molar-refractivity contribution in [2.45, 2.75) is 38.3 Å². The van der Waals surface area contributed by atoms with Crippen LogP contribution in [-0.4, -0.2) is 39.9 Å². The van der Waals surface area contributed by atoms with E-state index < -0.39 is 0 Å². The van der Waals surface area contributed by atoms with Crippen LogP contribution < -0.4 is 4.90 Å². The van der Waals surface area contributed by atoms with Gasteiger partial charge in [-0.1, -0.05) is 13.8 Å². The van der Waals surface area contributed by atoms with Crippen molar-refractivity contribution in [3.63, 3.8) is 0 Å². The molecule has 100 valence electrons. The van der Waals surface area contributed by atoms with Crippen LogP contribution in [0.5, 0.6) is 0 Å². The molecule has 0 radical (unpaired) electrons. The van der Waals surface area contributed by atoms with Gasteiger partial charge < -0.3 is 9.64 Å². The minimum absolute atomic E-state index is 0.400. The van der Waals surface area contributed by atoms with Crippen LogP contribution in [0.25, 0.3) is 5.65 Å². The SMILES string of the molecule is CC(C)c1cnn2ccc(N3C[C@H]4C[C@@H]3CO4)nc12. The van der Waals surface area contributed by atoms with Gasteiger partial charge in [0, 0.05) is 18.3 Å². The number of rotatable bonds is 2. The van der Waals surface area contributed by atoms with Crippen molar-refractivity contribution >= 4 is 11.5 Å². The molecule has 2 aromatic rings. The molecule has 0 spiro atoms. The highest BCUT2D eigenvalue weighted by molar-refractivity contribution is 5.54. The maximum Gasteiger partial charge on any atom is 0.160 e. The number of fused-ring (bicyclic) bond motifs is 3. The van der Waals surface area contributed by atoms with Crippen LogP contribution in [0, 0.1) is 0 Å². The van der Waals surface area contributed by atoms with Crippen molar-refractivity contribution in [3.8, 4) is 0 Å². The lowest BCUT2D eigenvalue weighted by molar-refractivity contribution is 0.0989. The Kier molecular flexibility index (Phi) is 2.33. The fourth-order valence-corrected chi connectivity index (χ4v) is 3.12. The highest BCUT2D eigenvalue weighted by Gasteiger charge is 2.39. The Morgan fingerprint density at radius 2 is 2.32 bits per heavy atom. The molecule has 2 aliphatic heterocycles. The van der Waals surface area contributed by atoms with E-state index in [4.69, 9.17) is 9.72 Å². The number of hydrogen-bond acceptors (Lipinski definition) is 4. The first-order chi connectivity index (χ1) is 9.22. The maximum atomic E-state index is 5.65. The third-order valence-corrected chi connectivity index (χ3v) is 4.20. The molecule has 0 unspecified atom stereocenters. The molecule has 4 heterocycles. The second-order valence-corrected chi connectivity index (χ2v) is 5.81. The number of anilines is 1. The van der Waals surface area contributed by atoms with Crippen LogP contribution in [0.1, 0.15) is 31.7 Å². The average molecular weight is 258 g/mol. The van der Waals surface area contributed by atoms with Crippen LogP contribution in [0.15, 0.2) is 18.5 Å². The second kappa shape index (κ2) is 3.93. The molecule has 0 aromatic carbocycles. The molecule has 2 aromatic heterocycles. The molecule has 2 bridgehead atoms. The molecule has 2 fully saturated rings. The third kappa shape index (κ3) is 1.64. The summed E-state index contributed by atoms with van der Waals surface area (Å²) in [5.41, 5.74) is 2.19. The fraction of sp³-hybridized carbons (Fsp3) is 0.571. The van der Waals surface area contributed by atoms with E-state index in [1.54, 1.807) is 0 Å². The molecule has 2 atom stereocenters. The maximum absolute atomic E-state index is 5.65. The number of aromatic nitrogens is 3. The van der Waals surface area contributed by atoms with Crippen LogP contribution in [-0.2, 0) is 4.74 Å². The van der Waals surface area contributed by atoms with Crippen LogP contribution in [0.2, 0.25) is 0 Å². The van der Waals surface area contributed by atoms with Crippen molar-refractivity contribution in [1.29, 1.82) is 0 Å². The minimum Gasteiger partial charge on any atom is -0.374 e. The second-order valence-electron chi connectivity index (χ2n) is 5.81. The molecule has 5 heteroatoms. The first-order valence-electron chi connectivity index (χ1n) is 6.95. The van der Waals surface area contributed by atoms with E-state index in [0.29, 0.717) is 18.1 Å². The highest BCUT2D eigenvalue weighted by Crippen LogP contribution is 2.32. The summed E-state index contributed by atoms with van der Waals surface area (Å²) in [5.74, 6) is 1.50. The molecule has 4 rings (SSSR count). The largest absolute Gasteiger partial charge is 0.374 e. The minimum atomic E-state index is 0.400. The Bertz CT molecular complexity index is 621. The third-order valence-electron chi connectivity index (χ3n) is 4.20. The number of ether oxygens (including phenoxy) is 1. The van der Waals surface area contributed by atoms with Gasteiger partial charge >= 0.3 is 0 Å². The molecule has 2 aliphatic rings. The fourth-order valence-electron chi connectivity index (χ4n) is 3.12. The Balaban J connectivity index is 1.77.